The number of phosphoric acid groups is 2. The Bertz CT molecular complexity index is 2190. The van der Waals surface area contributed by atoms with Crippen molar-refractivity contribution in [3.8, 4) is 0 Å². The van der Waals surface area contributed by atoms with Crippen molar-refractivity contribution in [2.24, 2.45) is 11.8 Å². The molecule has 1 saturated carbocycles. The van der Waals surface area contributed by atoms with Crippen LogP contribution in [0.3, 0.4) is 0 Å². The van der Waals surface area contributed by atoms with Gasteiger partial charge < -0.3 is 55.1 Å². The molecule has 0 radical (unpaired) electrons. The second-order valence-electron chi connectivity index (χ2n) is 15.8. The summed E-state index contributed by atoms with van der Waals surface area (Å²) >= 11 is 0. The number of amides is 2. The number of nitrogens with zero attached hydrogens (tertiary/aromatic N) is 5. The molecular weight excluding hydrogens is 900 g/mol. The highest BCUT2D eigenvalue weighted by atomic mass is 31.2. The molecule has 6 rings (SSSR count). The zero-order chi connectivity index (χ0) is 46.7. The predicted octanol–water partition coefficient (Wildman–Crippen LogP) is 0.997. The molecule has 2 aromatic rings. The summed E-state index contributed by atoms with van der Waals surface area (Å²) in [6.45, 7) is 1.60. The first-order valence-corrected chi connectivity index (χ1v) is 23.1. The molecule has 4 aliphatic rings. The first-order chi connectivity index (χ1) is 30.1. The van der Waals surface area contributed by atoms with Crippen molar-refractivity contribution in [3.63, 3.8) is 0 Å². The van der Waals surface area contributed by atoms with Crippen molar-refractivity contribution in [2.75, 3.05) is 26.0 Å². The number of allylic oxidation sites excluding steroid dienone is 1. The minimum absolute atomic E-state index is 0.0117. The molecule has 9 N–H and O–H groups in total. The lowest BCUT2D eigenvalue weighted by molar-refractivity contribution is -0.165. The van der Waals surface area contributed by atoms with Crippen LogP contribution in [-0.2, 0) is 51.3 Å². The molecule has 354 valence electrons. The molecule has 2 amide bonds. The van der Waals surface area contributed by atoms with Gasteiger partial charge in [0.2, 0.25) is 17.7 Å². The van der Waals surface area contributed by atoms with Crippen molar-refractivity contribution >= 4 is 56.2 Å². The van der Waals surface area contributed by atoms with Gasteiger partial charge in [-0.3, -0.25) is 33.1 Å². The van der Waals surface area contributed by atoms with E-state index in [2.05, 4.69) is 31.4 Å². The fourth-order valence-electron chi connectivity index (χ4n) is 7.98. The quantitative estimate of drug-likeness (QED) is 0.0553. The van der Waals surface area contributed by atoms with E-state index in [0.717, 1.165) is 11.2 Å². The highest BCUT2D eigenvalue weighted by molar-refractivity contribution is 7.47. The number of hydrogen-bond acceptors (Lipinski definition) is 18. The van der Waals surface area contributed by atoms with Crippen molar-refractivity contribution in [2.45, 2.75) is 112 Å². The van der Waals surface area contributed by atoms with Gasteiger partial charge in [0.25, 0.3) is 0 Å². The number of amidine groups is 1. The second kappa shape index (κ2) is 20.1. The van der Waals surface area contributed by atoms with Crippen LogP contribution in [0.2, 0.25) is 0 Å². The Balaban J connectivity index is 1.24. The molecule has 5 heterocycles. The van der Waals surface area contributed by atoms with Crippen LogP contribution in [0.25, 0.3) is 11.2 Å². The molecule has 28 heteroatoms. The van der Waals surface area contributed by atoms with Gasteiger partial charge in [-0.05, 0) is 44.1 Å². The molecule has 24 nitrogen and oxygen atoms in total. The molecule has 3 fully saturated rings. The molecular formula is C36H50F2N8O16P2. The number of halogens is 2. The van der Waals surface area contributed by atoms with Crippen LogP contribution in [0, 0.1) is 17.2 Å². The second-order valence-corrected chi connectivity index (χ2v) is 18.4. The van der Waals surface area contributed by atoms with Gasteiger partial charge in [-0.25, -0.2) is 37.7 Å². The van der Waals surface area contributed by atoms with Crippen LogP contribution in [0.5, 0.6) is 0 Å². The number of fused-ring (bicyclic) bond motifs is 1. The van der Waals surface area contributed by atoms with E-state index in [1.807, 2.05) is 0 Å². The molecule has 11 atom stereocenters. The topological polar surface area (TPSA) is 351 Å². The van der Waals surface area contributed by atoms with Crippen LogP contribution in [-0.4, -0.2) is 148 Å². The Hall–Kier alpha value is -4.17. The summed E-state index contributed by atoms with van der Waals surface area (Å²) in [6.07, 6.45) is -7.36. The number of aliphatic hydroxyl groups is 2. The van der Waals surface area contributed by atoms with E-state index in [0.29, 0.717) is 0 Å². The summed E-state index contributed by atoms with van der Waals surface area (Å²) in [7, 11) is -9.26. The maximum Gasteiger partial charge on any atom is 0.472 e. The van der Waals surface area contributed by atoms with Crippen molar-refractivity contribution in [1.82, 2.24) is 29.7 Å². The van der Waals surface area contributed by atoms with Gasteiger partial charge in [0, 0.05) is 26.3 Å². The number of carbonyl (C=O) groups is 3. The number of carbonyl (C=O) groups excluding carboxylic acids is 3. The van der Waals surface area contributed by atoms with Crippen LogP contribution in [0.1, 0.15) is 57.6 Å². The number of nitrogens with one attached hydrogen (secondary N) is 2. The average molecular weight is 951 g/mol. The number of aliphatic hydroxyl groups excluding tert-OH is 2. The average Bonchev–Trinajstić information content (AvgIpc) is 3.88. The number of ether oxygens (including phenoxy) is 3. The summed E-state index contributed by atoms with van der Waals surface area (Å²) in [6, 6.07) is -1.29. The zero-order valence-corrected chi connectivity index (χ0v) is 36.0. The van der Waals surface area contributed by atoms with E-state index in [1.165, 1.54) is 36.2 Å². The van der Waals surface area contributed by atoms with Crippen LogP contribution in [0.4, 0.5) is 14.6 Å². The largest absolute Gasteiger partial charge is 0.472 e. The number of rotatable bonds is 19. The fourth-order valence-corrected chi connectivity index (χ4v) is 9.29. The lowest BCUT2D eigenvalue weighted by Gasteiger charge is -2.32. The van der Waals surface area contributed by atoms with Gasteiger partial charge >= 0.3 is 21.6 Å². The van der Waals surface area contributed by atoms with E-state index < -0.39 is 113 Å². The number of alkyl halides is 2. The molecule has 2 saturated heterocycles. The normalized spacial score (nSPS) is 29.9. The maximum absolute atomic E-state index is 14.2. The number of hydrogen-bond donors (Lipinski definition) is 8. The summed E-state index contributed by atoms with van der Waals surface area (Å²) in [4.78, 5) is 83.0. The van der Waals surface area contributed by atoms with Crippen molar-refractivity contribution in [1.29, 1.82) is 5.41 Å². The highest BCUT2D eigenvalue weighted by Crippen LogP contribution is 2.50. The molecule has 64 heavy (non-hydrogen) atoms. The Morgan fingerprint density at radius 3 is 2.47 bits per heavy atom. The van der Waals surface area contributed by atoms with E-state index >= 15 is 0 Å². The maximum atomic E-state index is 14.2. The number of nitrogen functional groups attached to an aromatic ring is 1. The number of aromatic nitrogens is 4. The first-order valence-electron chi connectivity index (χ1n) is 20.1. The lowest BCUT2D eigenvalue weighted by Crippen LogP contribution is -2.47. The van der Waals surface area contributed by atoms with E-state index in [1.54, 1.807) is 0 Å². The summed E-state index contributed by atoms with van der Waals surface area (Å²) in [5.41, 5.74) is 6.12. The third-order valence-electron chi connectivity index (χ3n) is 11.4. The number of phosphoric ester groups is 2. The molecule has 2 aromatic heterocycles. The van der Waals surface area contributed by atoms with Crippen LogP contribution >= 0.6 is 15.6 Å². The van der Waals surface area contributed by atoms with Gasteiger partial charge in [-0.1, -0.05) is 12.2 Å². The van der Waals surface area contributed by atoms with Gasteiger partial charge in [-0.15, -0.1) is 6.58 Å². The Kier molecular flexibility index (Phi) is 15.5. The van der Waals surface area contributed by atoms with Crippen molar-refractivity contribution in [3.05, 3.63) is 37.5 Å². The summed E-state index contributed by atoms with van der Waals surface area (Å²) < 4.78 is 86.9. The molecule has 2 unspecified atom stereocenters. The molecule has 0 bridgehead atoms. The number of esters is 1. The highest BCUT2D eigenvalue weighted by Gasteiger charge is 2.54. The number of nitrogens with two attached hydrogens (primary N) is 1. The molecule has 3 aliphatic heterocycles. The number of likely N-dealkylation sites (N-methyl/N-ethyl adjacent to an activating group) is 1. The van der Waals surface area contributed by atoms with Gasteiger partial charge in [0.15, 0.2) is 23.8 Å². The minimum Gasteiger partial charge on any atom is -0.455 e. The number of imidazole rings is 1. The fraction of sp³-hybridized carbons (Fsp3) is 0.639. The Morgan fingerprint density at radius 1 is 1.11 bits per heavy atom. The smallest absolute Gasteiger partial charge is 0.455 e. The number of anilines is 1. The first kappa shape index (κ1) is 49.3. The molecule has 0 aromatic carbocycles. The van der Waals surface area contributed by atoms with E-state index in [-0.39, 0.29) is 80.1 Å². The van der Waals surface area contributed by atoms with Crippen molar-refractivity contribution < 1.29 is 85.0 Å². The third-order valence-corrected chi connectivity index (χ3v) is 12.9. The summed E-state index contributed by atoms with van der Waals surface area (Å²) in [5.74, 6) is -6.93. The van der Waals surface area contributed by atoms with Gasteiger partial charge in [0.1, 0.15) is 60.3 Å². The molecule has 1 aliphatic carbocycles. The Morgan fingerprint density at radius 2 is 1.80 bits per heavy atom. The lowest BCUT2D eigenvalue weighted by atomic mass is 9.83. The zero-order valence-electron chi connectivity index (χ0n) is 34.2. The standard InChI is InChI=1S/C36H50F2N8O16P2/c1-3-4-5-24(47)45(2)20(8-6-18-10-12-36(37,38)13-11-18)35(51)61-29-21(60-34(27(29)49)46-17-43-25-31(40)41-16-42-32(25)46)15-58-64(55,56)62-30-22(14-57-63(52,53)54)59-28(26(30)48)19-7-9-23(39)44-33(19)50/h3,7,9,16-22,26-30,34,48-49H,1,4-6,8,10-15H2,2H3,(H,55,56)(H2,39,44,50)(H2,40,41,42)(H2,52,53,54)/t19?,20-,21+,22+,26-,27+,28-,29+,30+,34+/m0/s1. The van der Waals surface area contributed by atoms with Gasteiger partial charge in [-0.2, -0.15) is 0 Å². The van der Waals surface area contributed by atoms with E-state index in [9.17, 15) is 57.2 Å². The minimum atomic E-state index is -5.44. The third kappa shape index (κ3) is 11.8. The monoisotopic (exact) mass is 950 g/mol. The van der Waals surface area contributed by atoms with Gasteiger partial charge in [0.05, 0.1) is 25.5 Å². The molecule has 0 spiro atoms. The predicted molar refractivity (Wildman–Crippen MR) is 213 cm³/mol. The van der Waals surface area contributed by atoms with Crippen LogP contribution < -0.4 is 11.1 Å². The Labute approximate surface area is 363 Å². The van der Waals surface area contributed by atoms with Crippen LogP contribution in [0.15, 0.2) is 37.5 Å². The van der Waals surface area contributed by atoms with E-state index in [4.69, 9.17) is 34.4 Å². The summed E-state index contributed by atoms with van der Waals surface area (Å²) in [5, 5.41) is 32.8. The SMILES string of the molecule is C=CCCC(=O)N(C)[C@@H](CCC1CCC(F)(F)CC1)C(=O)O[C@H]1[C@@H](O)[C@H](n2cnc3c(N)ncnc32)O[C@@H]1COP(=O)(O)O[C@H]1[C@@H](O)[C@H](C2C=CC(=N)NC2=O)O[C@@H]1COP(=O)(O)O.